The van der Waals surface area contributed by atoms with Gasteiger partial charge < -0.3 is 14.5 Å². The average molecular weight is 358 g/mol. The molecule has 2 aliphatic heterocycles. The molecule has 0 unspecified atom stereocenters. The number of aromatic nitrogens is 3. The van der Waals surface area contributed by atoms with E-state index in [2.05, 4.69) is 44.6 Å². The summed E-state index contributed by atoms with van der Waals surface area (Å²) >= 11 is 0. The molecule has 4 heterocycles. The fraction of sp³-hybridized carbons (Fsp3) is 0.700. The van der Waals surface area contributed by atoms with Crippen LogP contribution in [0.2, 0.25) is 0 Å². The standard InChI is InChI=1S/C20H31N5O/c1-23(2)15-18-13-22-25-19(3-8-21-20(18)25)17-4-9-24(10-5-17)14-16-6-11-26-12-7-16/h3,8,13,16-17H,4-7,9-12,14-15H2,1-2H3. The van der Waals surface area contributed by atoms with Crippen LogP contribution in [0.15, 0.2) is 18.5 Å². The molecule has 6 heteroatoms. The highest BCUT2D eigenvalue weighted by Gasteiger charge is 2.25. The molecule has 0 radical (unpaired) electrons. The molecule has 0 atom stereocenters. The molecular weight excluding hydrogens is 326 g/mol. The SMILES string of the molecule is CN(C)Cc1cnn2c(C3CCN(CC4CCOCC4)CC3)ccnc12. The summed E-state index contributed by atoms with van der Waals surface area (Å²) in [4.78, 5) is 9.42. The van der Waals surface area contributed by atoms with Crippen molar-refractivity contribution >= 4 is 5.65 Å². The van der Waals surface area contributed by atoms with Crippen LogP contribution in [0.3, 0.4) is 0 Å². The average Bonchev–Trinajstić information content (AvgIpc) is 3.06. The maximum absolute atomic E-state index is 5.49. The van der Waals surface area contributed by atoms with Gasteiger partial charge in [-0.25, -0.2) is 9.50 Å². The van der Waals surface area contributed by atoms with Crippen LogP contribution in [-0.2, 0) is 11.3 Å². The molecule has 2 aromatic heterocycles. The van der Waals surface area contributed by atoms with Crippen molar-refractivity contribution in [3.8, 4) is 0 Å². The number of fused-ring (bicyclic) bond motifs is 1. The minimum Gasteiger partial charge on any atom is -0.381 e. The Bertz CT molecular complexity index is 714. The van der Waals surface area contributed by atoms with Crippen molar-refractivity contribution in [2.24, 2.45) is 5.92 Å². The molecular formula is C20H31N5O. The highest BCUT2D eigenvalue weighted by molar-refractivity contribution is 5.47. The summed E-state index contributed by atoms with van der Waals surface area (Å²) in [7, 11) is 4.17. The topological polar surface area (TPSA) is 45.9 Å². The summed E-state index contributed by atoms with van der Waals surface area (Å²) in [5.74, 6) is 1.41. The molecule has 4 rings (SSSR count). The van der Waals surface area contributed by atoms with E-state index in [1.165, 1.54) is 56.6 Å². The Kier molecular flexibility index (Phi) is 5.52. The minimum absolute atomic E-state index is 0.582. The fourth-order valence-corrected chi connectivity index (χ4v) is 4.42. The Morgan fingerprint density at radius 1 is 1.15 bits per heavy atom. The molecule has 2 aromatic rings. The molecule has 0 N–H and O–H groups in total. The van der Waals surface area contributed by atoms with E-state index < -0.39 is 0 Å². The lowest BCUT2D eigenvalue weighted by molar-refractivity contribution is 0.0487. The van der Waals surface area contributed by atoms with Gasteiger partial charge in [0.2, 0.25) is 0 Å². The maximum atomic E-state index is 5.49. The third-order valence-corrected chi connectivity index (χ3v) is 5.85. The fourth-order valence-electron chi connectivity index (χ4n) is 4.42. The lowest BCUT2D eigenvalue weighted by atomic mass is 9.91. The van der Waals surface area contributed by atoms with Crippen molar-refractivity contribution in [2.45, 2.75) is 38.1 Å². The molecule has 142 valence electrons. The molecule has 26 heavy (non-hydrogen) atoms. The monoisotopic (exact) mass is 357 g/mol. The molecule has 0 bridgehead atoms. The zero-order chi connectivity index (χ0) is 17.9. The van der Waals surface area contributed by atoms with E-state index in [9.17, 15) is 0 Å². The largest absolute Gasteiger partial charge is 0.381 e. The van der Waals surface area contributed by atoms with E-state index in [4.69, 9.17) is 4.74 Å². The quantitative estimate of drug-likeness (QED) is 0.822. The number of hydrogen-bond donors (Lipinski definition) is 0. The lowest BCUT2D eigenvalue weighted by Crippen LogP contribution is -2.38. The van der Waals surface area contributed by atoms with Crippen LogP contribution in [0, 0.1) is 5.92 Å². The van der Waals surface area contributed by atoms with Gasteiger partial charge in [-0.3, -0.25) is 0 Å². The summed E-state index contributed by atoms with van der Waals surface area (Å²) < 4.78 is 7.57. The molecule has 2 fully saturated rings. The first kappa shape index (κ1) is 17.9. The van der Waals surface area contributed by atoms with Gasteiger partial charge in [0.25, 0.3) is 0 Å². The van der Waals surface area contributed by atoms with Gasteiger partial charge in [-0.15, -0.1) is 0 Å². The van der Waals surface area contributed by atoms with Crippen LogP contribution in [-0.4, -0.2) is 71.3 Å². The predicted molar refractivity (Wildman–Crippen MR) is 102 cm³/mol. The number of piperidine rings is 1. The Balaban J connectivity index is 1.41. The Hall–Kier alpha value is -1.50. The van der Waals surface area contributed by atoms with E-state index in [-0.39, 0.29) is 0 Å². The lowest BCUT2D eigenvalue weighted by Gasteiger charge is -2.35. The summed E-state index contributed by atoms with van der Waals surface area (Å²) in [5, 5.41) is 4.66. The van der Waals surface area contributed by atoms with Crippen molar-refractivity contribution in [2.75, 3.05) is 46.9 Å². The van der Waals surface area contributed by atoms with Crippen molar-refractivity contribution in [1.29, 1.82) is 0 Å². The number of nitrogens with zero attached hydrogens (tertiary/aromatic N) is 5. The van der Waals surface area contributed by atoms with Gasteiger partial charge in [0.1, 0.15) is 0 Å². The third kappa shape index (κ3) is 3.92. The molecule has 6 nitrogen and oxygen atoms in total. The normalized spacial score (nSPS) is 21.0. The molecule has 2 aliphatic rings. The van der Waals surface area contributed by atoms with Gasteiger partial charge in [-0.1, -0.05) is 0 Å². The Morgan fingerprint density at radius 3 is 2.65 bits per heavy atom. The zero-order valence-corrected chi connectivity index (χ0v) is 16.1. The van der Waals surface area contributed by atoms with E-state index in [1.54, 1.807) is 0 Å². The van der Waals surface area contributed by atoms with Gasteiger partial charge in [0.15, 0.2) is 5.65 Å². The summed E-state index contributed by atoms with van der Waals surface area (Å²) in [5.41, 5.74) is 3.54. The second-order valence-electron chi connectivity index (χ2n) is 8.14. The minimum atomic E-state index is 0.582. The van der Waals surface area contributed by atoms with Crippen molar-refractivity contribution < 1.29 is 4.74 Å². The molecule has 0 aromatic carbocycles. The highest BCUT2D eigenvalue weighted by atomic mass is 16.5. The number of likely N-dealkylation sites (tertiary alicyclic amines) is 1. The van der Waals surface area contributed by atoms with Crippen LogP contribution < -0.4 is 0 Å². The van der Waals surface area contributed by atoms with Crippen LogP contribution in [0.1, 0.15) is 42.9 Å². The smallest absolute Gasteiger partial charge is 0.159 e. The van der Waals surface area contributed by atoms with Gasteiger partial charge in [0, 0.05) is 49.7 Å². The summed E-state index contributed by atoms with van der Waals surface area (Å²) in [6.07, 6.45) is 8.82. The van der Waals surface area contributed by atoms with Crippen LogP contribution in [0.4, 0.5) is 0 Å². The summed E-state index contributed by atoms with van der Waals surface area (Å²) in [6, 6.07) is 2.16. The molecule has 0 saturated carbocycles. The maximum Gasteiger partial charge on any atom is 0.159 e. The summed E-state index contributed by atoms with van der Waals surface area (Å²) in [6.45, 7) is 6.41. The molecule has 0 aliphatic carbocycles. The molecule has 0 amide bonds. The number of ether oxygens (including phenoxy) is 1. The Labute approximate surface area is 156 Å². The van der Waals surface area contributed by atoms with Crippen LogP contribution in [0.5, 0.6) is 0 Å². The third-order valence-electron chi connectivity index (χ3n) is 5.85. The molecule has 0 spiro atoms. The van der Waals surface area contributed by atoms with E-state index in [0.717, 1.165) is 31.3 Å². The van der Waals surface area contributed by atoms with Crippen molar-refractivity contribution in [3.63, 3.8) is 0 Å². The second-order valence-corrected chi connectivity index (χ2v) is 8.14. The van der Waals surface area contributed by atoms with Crippen LogP contribution in [0.25, 0.3) is 5.65 Å². The second kappa shape index (κ2) is 8.03. The van der Waals surface area contributed by atoms with Crippen molar-refractivity contribution in [1.82, 2.24) is 24.4 Å². The first-order valence-corrected chi connectivity index (χ1v) is 9.97. The van der Waals surface area contributed by atoms with E-state index in [1.807, 2.05) is 12.4 Å². The highest BCUT2D eigenvalue weighted by Crippen LogP contribution is 2.29. The van der Waals surface area contributed by atoms with Crippen LogP contribution >= 0.6 is 0 Å². The van der Waals surface area contributed by atoms with Crippen molar-refractivity contribution in [3.05, 3.63) is 29.7 Å². The predicted octanol–water partition coefficient (Wildman–Crippen LogP) is 2.40. The first-order chi connectivity index (χ1) is 12.7. The first-order valence-electron chi connectivity index (χ1n) is 9.97. The number of hydrogen-bond acceptors (Lipinski definition) is 5. The molecule has 2 saturated heterocycles. The van der Waals surface area contributed by atoms with Gasteiger partial charge in [-0.2, -0.15) is 5.10 Å². The Morgan fingerprint density at radius 2 is 1.92 bits per heavy atom. The van der Waals surface area contributed by atoms with E-state index >= 15 is 0 Å². The van der Waals surface area contributed by atoms with Gasteiger partial charge in [0.05, 0.1) is 6.20 Å². The number of rotatable bonds is 5. The van der Waals surface area contributed by atoms with Gasteiger partial charge in [-0.05, 0) is 64.9 Å². The van der Waals surface area contributed by atoms with Gasteiger partial charge >= 0.3 is 0 Å². The van der Waals surface area contributed by atoms with E-state index in [0.29, 0.717) is 5.92 Å². The zero-order valence-electron chi connectivity index (χ0n) is 16.1.